The highest BCUT2D eigenvalue weighted by atomic mass is 127. The Morgan fingerprint density at radius 1 is 1.31 bits per heavy atom. The molecule has 1 aromatic carbocycles. The van der Waals surface area contributed by atoms with Crippen LogP contribution in [0.15, 0.2) is 41.0 Å². The van der Waals surface area contributed by atoms with E-state index in [-0.39, 0.29) is 0 Å². The largest absolute Gasteiger partial charge is 0.469 e. The molecule has 0 bridgehead atoms. The maximum absolute atomic E-state index is 9.99. The molecule has 0 saturated carbocycles. The third-order valence-corrected chi connectivity index (χ3v) is 3.20. The van der Waals surface area contributed by atoms with Crippen LogP contribution >= 0.6 is 22.6 Å². The predicted molar refractivity (Wildman–Crippen MR) is 71.3 cm³/mol. The van der Waals surface area contributed by atoms with Crippen LogP contribution in [0.2, 0.25) is 0 Å². The second-order valence-electron chi connectivity index (χ2n) is 3.84. The smallest absolute Gasteiger partial charge is 0.101 e. The fraction of sp³-hybridized carbons (Fsp3) is 0.231. The number of halogens is 1. The molecule has 16 heavy (non-hydrogen) atoms. The van der Waals surface area contributed by atoms with Crippen LogP contribution in [0.25, 0.3) is 0 Å². The molecule has 3 heteroatoms. The van der Waals surface area contributed by atoms with Crippen molar-refractivity contribution >= 4 is 22.6 Å². The Hall–Kier alpha value is -0.810. The lowest BCUT2D eigenvalue weighted by molar-refractivity contribution is 0.177. The summed E-state index contributed by atoms with van der Waals surface area (Å²) >= 11 is 2.27. The van der Waals surface area contributed by atoms with Crippen molar-refractivity contribution in [3.8, 4) is 0 Å². The zero-order chi connectivity index (χ0) is 11.5. The molecule has 2 rings (SSSR count). The second kappa shape index (κ2) is 5.01. The SMILES string of the molecule is Cc1cc(C(O)Cc2ccc(I)cc2)co1. The molecule has 0 aliphatic carbocycles. The van der Waals surface area contributed by atoms with Crippen molar-refractivity contribution < 1.29 is 9.52 Å². The summed E-state index contributed by atoms with van der Waals surface area (Å²) in [5, 5.41) is 9.99. The van der Waals surface area contributed by atoms with Gasteiger partial charge < -0.3 is 9.52 Å². The molecule has 1 aromatic heterocycles. The number of hydrogen-bond donors (Lipinski definition) is 1. The molecule has 0 saturated heterocycles. The van der Waals surface area contributed by atoms with Crippen molar-refractivity contribution in [1.29, 1.82) is 0 Å². The molecule has 0 spiro atoms. The molecule has 2 nitrogen and oxygen atoms in total. The number of hydrogen-bond acceptors (Lipinski definition) is 2. The van der Waals surface area contributed by atoms with Gasteiger partial charge in [-0.1, -0.05) is 12.1 Å². The number of rotatable bonds is 3. The summed E-state index contributed by atoms with van der Waals surface area (Å²) in [6, 6.07) is 10.0. The first-order valence-electron chi connectivity index (χ1n) is 5.12. The van der Waals surface area contributed by atoms with E-state index in [0.29, 0.717) is 6.42 Å². The van der Waals surface area contributed by atoms with Gasteiger partial charge in [-0.25, -0.2) is 0 Å². The van der Waals surface area contributed by atoms with E-state index in [1.165, 1.54) is 3.57 Å². The molecular weight excluding hydrogens is 315 g/mol. The van der Waals surface area contributed by atoms with Crippen LogP contribution in [0.5, 0.6) is 0 Å². The van der Waals surface area contributed by atoms with Gasteiger partial charge in [0, 0.05) is 15.6 Å². The molecule has 0 radical (unpaired) electrons. The molecule has 1 heterocycles. The molecule has 1 unspecified atom stereocenters. The van der Waals surface area contributed by atoms with Gasteiger partial charge in [0.15, 0.2) is 0 Å². The Labute approximate surface area is 108 Å². The van der Waals surface area contributed by atoms with Crippen molar-refractivity contribution in [3.63, 3.8) is 0 Å². The lowest BCUT2D eigenvalue weighted by Gasteiger charge is -2.08. The first-order valence-corrected chi connectivity index (χ1v) is 6.20. The van der Waals surface area contributed by atoms with E-state index in [1.807, 2.05) is 37.3 Å². The van der Waals surface area contributed by atoms with E-state index in [4.69, 9.17) is 4.42 Å². The molecule has 0 fully saturated rings. The fourth-order valence-electron chi connectivity index (χ4n) is 1.60. The van der Waals surface area contributed by atoms with E-state index in [0.717, 1.165) is 16.9 Å². The summed E-state index contributed by atoms with van der Waals surface area (Å²) in [5.74, 6) is 0.830. The molecule has 84 valence electrons. The third kappa shape index (κ3) is 2.86. The Bertz CT molecular complexity index is 459. The van der Waals surface area contributed by atoms with E-state index in [2.05, 4.69) is 22.6 Å². The normalized spacial score (nSPS) is 12.7. The summed E-state index contributed by atoms with van der Waals surface area (Å²) < 4.78 is 6.38. The van der Waals surface area contributed by atoms with Crippen LogP contribution in [0.3, 0.4) is 0 Å². The highest BCUT2D eigenvalue weighted by molar-refractivity contribution is 14.1. The lowest BCUT2D eigenvalue weighted by Crippen LogP contribution is -2.00. The van der Waals surface area contributed by atoms with Gasteiger partial charge in [0.25, 0.3) is 0 Å². The van der Waals surface area contributed by atoms with Gasteiger partial charge >= 0.3 is 0 Å². The van der Waals surface area contributed by atoms with Crippen LogP contribution in [-0.4, -0.2) is 5.11 Å². The van der Waals surface area contributed by atoms with Gasteiger partial charge in [0.05, 0.1) is 12.4 Å². The van der Waals surface area contributed by atoms with Gasteiger partial charge in [-0.3, -0.25) is 0 Å². The van der Waals surface area contributed by atoms with Gasteiger partial charge in [-0.15, -0.1) is 0 Å². The lowest BCUT2D eigenvalue weighted by atomic mass is 10.0. The zero-order valence-electron chi connectivity index (χ0n) is 8.98. The summed E-state index contributed by atoms with van der Waals surface area (Å²) in [6.45, 7) is 1.88. The highest BCUT2D eigenvalue weighted by Crippen LogP contribution is 2.20. The minimum absolute atomic E-state index is 0.488. The first kappa shape index (κ1) is 11.7. The molecule has 2 aromatic rings. The highest BCUT2D eigenvalue weighted by Gasteiger charge is 2.10. The Kier molecular flexibility index (Phi) is 3.66. The summed E-state index contributed by atoms with van der Waals surface area (Å²) in [6.07, 6.45) is 1.75. The number of furan rings is 1. The van der Waals surface area contributed by atoms with Crippen molar-refractivity contribution in [3.05, 3.63) is 57.1 Å². The van der Waals surface area contributed by atoms with Crippen LogP contribution in [-0.2, 0) is 6.42 Å². The summed E-state index contributed by atoms with van der Waals surface area (Å²) in [7, 11) is 0. The average molecular weight is 328 g/mol. The zero-order valence-corrected chi connectivity index (χ0v) is 11.1. The van der Waals surface area contributed by atoms with Gasteiger partial charge in [-0.2, -0.15) is 0 Å². The van der Waals surface area contributed by atoms with Gasteiger partial charge in [0.2, 0.25) is 0 Å². The molecule has 0 aliphatic heterocycles. The maximum Gasteiger partial charge on any atom is 0.101 e. The van der Waals surface area contributed by atoms with Crippen LogP contribution in [0, 0.1) is 10.5 Å². The first-order chi connectivity index (χ1) is 7.65. The number of aryl methyl sites for hydroxylation is 1. The van der Waals surface area contributed by atoms with E-state index in [1.54, 1.807) is 6.26 Å². The van der Waals surface area contributed by atoms with E-state index < -0.39 is 6.10 Å². The molecule has 1 N–H and O–H groups in total. The minimum atomic E-state index is -0.488. The average Bonchev–Trinajstić information content (AvgIpc) is 2.68. The monoisotopic (exact) mass is 328 g/mol. The Balaban J connectivity index is 2.07. The predicted octanol–water partition coefficient (Wildman–Crippen LogP) is 3.47. The van der Waals surface area contributed by atoms with Crippen molar-refractivity contribution in [2.45, 2.75) is 19.4 Å². The molecular formula is C13H13IO2. The van der Waals surface area contributed by atoms with Crippen LogP contribution < -0.4 is 0 Å². The third-order valence-electron chi connectivity index (χ3n) is 2.48. The quantitative estimate of drug-likeness (QED) is 0.876. The second-order valence-corrected chi connectivity index (χ2v) is 5.08. The topological polar surface area (TPSA) is 33.4 Å². The van der Waals surface area contributed by atoms with Crippen LogP contribution in [0.1, 0.15) is 23.0 Å². The molecule has 0 aliphatic rings. The molecule has 0 amide bonds. The van der Waals surface area contributed by atoms with Gasteiger partial charge in [-0.05, 0) is 53.3 Å². The standard InChI is InChI=1S/C13H13IO2/c1-9-6-11(8-16-9)13(15)7-10-2-4-12(14)5-3-10/h2-6,8,13,15H,7H2,1H3. The van der Waals surface area contributed by atoms with E-state index >= 15 is 0 Å². The molecule has 1 atom stereocenters. The maximum atomic E-state index is 9.99. The summed E-state index contributed by atoms with van der Waals surface area (Å²) in [4.78, 5) is 0. The van der Waals surface area contributed by atoms with Crippen molar-refractivity contribution in [2.24, 2.45) is 0 Å². The minimum Gasteiger partial charge on any atom is -0.469 e. The van der Waals surface area contributed by atoms with Gasteiger partial charge in [0.1, 0.15) is 5.76 Å². The summed E-state index contributed by atoms with van der Waals surface area (Å²) in [5.41, 5.74) is 1.97. The Morgan fingerprint density at radius 2 is 2.00 bits per heavy atom. The fourth-order valence-corrected chi connectivity index (χ4v) is 1.96. The van der Waals surface area contributed by atoms with Crippen LogP contribution in [0.4, 0.5) is 0 Å². The number of benzene rings is 1. The van der Waals surface area contributed by atoms with Crippen molar-refractivity contribution in [1.82, 2.24) is 0 Å². The number of aliphatic hydroxyl groups is 1. The number of aliphatic hydroxyl groups excluding tert-OH is 1. The van der Waals surface area contributed by atoms with E-state index in [9.17, 15) is 5.11 Å². The van der Waals surface area contributed by atoms with Crippen molar-refractivity contribution in [2.75, 3.05) is 0 Å². The Morgan fingerprint density at radius 3 is 2.56 bits per heavy atom.